The number of amides is 2. The van der Waals surface area contributed by atoms with Crippen LogP contribution in [-0.4, -0.2) is 47.1 Å². The van der Waals surface area contributed by atoms with Gasteiger partial charge in [-0.25, -0.2) is 9.97 Å². The monoisotopic (exact) mass is 435 g/mol. The van der Waals surface area contributed by atoms with Gasteiger partial charge in [0.25, 0.3) is 5.91 Å². The van der Waals surface area contributed by atoms with Crippen LogP contribution in [0.25, 0.3) is 0 Å². The Bertz CT molecular complexity index is 1050. The summed E-state index contributed by atoms with van der Waals surface area (Å²) in [6.45, 7) is 6.82. The van der Waals surface area contributed by atoms with Crippen LogP contribution in [-0.2, 0) is 9.53 Å². The third-order valence-corrected chi connectivity index (χ3v) is 6.74. The predicted molar refractivity (Wildman–Crippen MR) is 120 cm³/mol. The molecule has 3 atom stereocenters. The largest absolute Gasteiger partial charge is 0.377 e. The molecule has 0 spiro atoms. The fraction of sp³-hybridized carbons (Fsp3) is 0.500. The molecule has 2 fully saturated rings. The maximum atomic E-state index is 12.8. The second-order valence-electron chi connectivity index (χ2n) is 9.20. The van der Waals surface area contributed by atoms with Crippen LogP contribution in [0.3, 0.4) is 0 Å². The Labute approximate surface area is 187 Å². The zero-order valence-corrected chi connectivity index (χ0v) is 18.7. The Balaban J connectivity index is 1.55. The van der Waals surface area contributed by atoms with Crippen molar-refractivity contribution in [2.45, 2.75) is 51.7 Å². The number of benzene rings is 1. The van der Waals surface area contributed by atoms with Crippen LogP contribution in [0.15, 0.2) is 30.5 Å². The van der Waals surface area contributed by atoms with E-state index in [1.165, 1.54) is 0 Å². The minimum atomic E-state index is -0.127. The summed E-state index contributed by atoms with van der Waals surface area (Å²) in [7, 11) is 0. The summed E-state index contributed by atoms with van der Waals surface area (Å²) in [4.78, 5) is 36.5. The molecule has 1 aromatic heterocycles. The Kier molecular flexibility index (Phi) is 5.33. The summed E-state index contributed by atoms with van der Waals surface area (Å²) in [6, 6.07) is 7.54. The lowest BCUT2D eigenvalue weighted by atomic mass is 9.79. The zero-order valence-electron chi connectivity index (χ0n) is 18.7. The molecule has 1 aliphatic carbocycles. The first-order chi connectivity index (χ1) is 15.4. The number of anilines is 2. The lowest BCUT2D eigenvalue weighted by Crippen LogP contribution is -2.51. The third-order valence-electron chi connectivity index (χ3n) is 6.74. The number of aryl methyl sites for hydroxylation is 1. The first-order valence-corrected chi connectivity index (χ1v) is 11.3. The van der Waals surface area contributed by atoms with Gasteiger partial charge < -0.3 is 20.3 Å². The van der Waals surface area contributed by atoms with Crippen molar-refractivity contribution in [3.8, 4) is 0 Å². The summed E-state index contributed by atoms with van der Waals surface area (Å²) >= 11 is 0. The molecule has 3 unspecified atom stereocenters. The summed E-state index contributed by atoms with van der Waals surface area (Å²) in [5.74, 6) is 1.08. The summed E-state index contributed by atoms with van der Waals surface area (Å²) in [5, 5.41) is 6.52. The number of hydrogen-bond acceptors (Lipinski definition) is 6. The minimum Gasteiger partial charge on any atom is -0.377 e. The van der Waals surface area contributed by atoms with Crippen LogP contribution < -0.4 is 15.5 Å². The molecule has 1 aromatic carbocycles. The first-order valence-electron chi connectivity index (χ1n) is 11.3. The fourth-order valence-electron chi connectivity index (χ4n) is 4.95. The molecule has 8 heteroatoms. The van der Waals surface area contributed by atoms with E-state index in [1.807, 2.05) is 36.1 Å². The summed E-state index contributed by atoms with van der Waals surface area (Å²) < 4.78 is 5.17. The van der Waals surface area contributed by atoms with Crippen molar-refractivity contribution in [1.82, 2.24) is 15.3 Å². The number of ether oxygens (including phenoxy) is 1. The van der Waals surface area contributed by atoms with E-state index in [-0.39, 0.29) is 35.9 Å². The highest BCUT2D eigenvalue weighted by molar-refractivity contribution is 5.98. The second-order valence-corrected chi connectivity index (χ2v) is 9.20. The van der Waals surface area contributed by atoms with E-state index in [4.69, 9.17) is 4.74 Å². The number of hydrogen-bond donors (Lipinski definition) is 2. The van der Waals surface area contributed by atoms with Crippen molar-refractivity contribution in [1.29, 1.82) is 0 Å². The molecule has 168 valence electrons. The predicted octanol–water partition coefficient (Wildman–Crippen LogP) is 2.85. The maximum absolute atomic E-state index is 12.8. The quantitative estimate of drug-likeness (QED) is 0.750. The van der Waals surface area contributed by atoms with Gasteiger partial charge in [0.1, 0.15) is 0 Å². The van der Waals surface area contributed by atoms with Gasteiger partial charge in [0, 0.05) is 42.0 Å². The van der Waals surface area contributed by atoms with Crippen molar-refractivity contribution in [3.05, 3.63) is 47.3 Å². The van der Waals surface area contributed by atoms with Crippen molar-refractivity contribution in [2.75, 3.05) is 23.4 Å². The first kappa shape index (κ1) is 20.9. The van der Waals surface area contributed by atoms with Crippen LogP contribution in [0.5, 0.6) is 0 Å². The standard InChI is InChI=1S/C24H29N5O3/c1-13-8-9-25-24(26-13)28-21-14(2)22(16-4-5-16)29(15(3)30)20-7-6-17(10-19(20)21)23(31)27-18-11-32-12-18/h6-10,14,16,18,21-22H,4-5,11-12H2,1-3H3,(H,27,31)(H,25,26,28). The smallest absolute Gasteiger partial charge is 0.251 e. The number of carbonyl (C=O) groups excluding carboxylic acids is 2. The highest BCUT2D eigenvalue weighted by Gasteiger charge is 2.47. The number of aromatic nitrogens is 2. The van der Waals surface area contributed by atoms with Gasteiger partial charge >= 0.3 is 0 Å². The lowest BCUT2D eigenvalue weighted by Gasteiger charge is -2.45. The number of fused-ring (bicyclic) bond motifs is 1. The number of nitrogens with zero attached hydrogens (tertiary/aromatic N) is 3. The van der Waals surface area contributed by atoms with Gasteiger partial charge in [-0.15, -0.1) is 0 Å². The SMILES string of the molecule is CC(=O)N1c2ccc(C(=O)NC3COC3)cc2C(Nc2nccc(C)n2)C(C)C1C1CC1. The van der Waals surface area contributed by atoms with Gasteiger partial charge in [0.2, 0.25) is 11.9 Å². The molecule has 8 nitrogen and oxygen atoms in total. The van der Waals surface area contributed by atoms with Gasteiger partial charge in [-0.3, -0.25) is 9.59 Å². The van der Waals surface area contributed by atoms with Gasteiger partial charge in [0.15, 0.2) is 0 Å². The van der Waals surface area contributed by atoms with Crippen LogP contribution >= 0.6 is 0 Å². The highest BCUT2D eigenvalue weighted by atomic mass is 16.5. The average Bonchev–Trinajstić information content (AvgIpc) is 3.56. The molecule has 3 aliphatic rings. The maximum Gasteiger partial charge on any atom is 0.251 e. The molecule has 0 radical (unpaired) electrons. The van der Waals surface area contributed by atoms with Crippen LogP contribution in [0.2, 0.25) is 0 Å². The molecule has 1 saturated heterocycles. The Morgan fingerprint density at radius 1 is 1.19 bits per heavy atom. The highest BCUT2D eigenvalue weighted by Crippen LogP contribution is 2.50. The minimum absolute atomic E-state index is 0.0315. The van der Waals surface area contributed by atoms with Crippen LogP contribution in [0.1, 0.15) is 54.3 Å². The summed E-state index contributed by atoms with van der Waals surface area (Å²) in [6.07, 6.45) is 4.00. The Hall–Kier alpha value is -3.00. The van der Waals surface area contributed by atoms with E-state index < -0.39 is 0 Å². The van der Waals surface area contributed by atoms with Gasteiger partial charge in [0.05, 0.1) is 25.3 Å². The molecule has 2 aliphatic heterocycles. The molecule has 2 N–H and O–H groups in total. The molecule has 2 amide bonds. The number of nitrogens with one attached hydrogen (secondary N) is 2. The Morgan fingerprint density at radius 2 is 1.97 bits per heavy atom. The molecule has 32 heavy (non-hydrogen) atoms. The molecule has 5 rings (SSSR count). The molecule has 0 bridgehead atoms. The zero-order chi connectivity index (χ0) is 22.4. The third kappa shape index (κ3) is 3.83. The van der Waals surface area contributed by atoms with Crippen molar-refractivity contribution >= 4 is 23.5 Å². The second kappa shape index (κ2) is 8.16. The van der Waals surface area contributed by atoms with Crippen molar-refractivity contribution in [2.24, 2.45) is 11.8 Å². The van der Waals surface area contributed by atoms with Gasteiger partial charge in [-0.1, -0.05) is 6.92 Å². The molecule has 1 saturated carbocycles. The molecule has 2 aromatic rings. The van der Waals surface area contributed by atoms with Gasteiger partial charge in [-0.05, 0) is 55.5 Å². The molecular weight excluding hydrogens is 406 g/mol. The normalized spacial score (nSPS) is 25.0. The average molecular weight is 436 g/mol. The van der Waals surface area contributed by atoms with E-state index in [2.05, 4.69) is 27.5 Å². The number of carbonyl (C=O) groups is 2. The van der Waals surface area contributed by atoms with E-state index in [9.17, 15) is 9.59 Å². The van der Waals surface area contributed by atoms with Crippen molar-refractivity contribution in [3.63, 3.8) is 0 Å². The topological polar surface area (TPSA) is 96.5 Å². The number of rotatable bonds is 5. The molecule has 3 heterocycles. The van der Waals surface area contributed by atoms with Gasteiger partial charge in [-0.2, -0.15) is 0 Å². The van der Waals surface area contributed by atoms with E-state index in [0.717, 1.165) is 29.8 Å². The Morgan fingerprint density at radius 3 is 2.59 bits per heavy atom. The van der Waals surface area contributed by atoms with Crippen LogP contribution in [0.4, 0.5) is 11.6 Å². The summed E-state index contributed by atoms with van der Waals surface area (Å²) in [5.41, 5.74) is 3.24. The van der Waals surface area contributed by atoms with Crippen molar-refractivity contribution < 1.29 is 14.3 Å². The molecular formula is C24H29N5O3. The fourth-order valence-corrected chi connectivity index (χ4v) is 4.95. The van der Waals surface area contributed by atoms with E-state index >= 15 is 0 Å². The van der Waals surface area contributed by atoms with Crippen LogP contribution in [0, 0.1) is 18.8 Å². The van der Waals surface area contributed by atoms with E-state index in [1.54, 1.807) is 13.1 Å². The lowest BCUT2D eigenvalue weighted by molar-refractivity contribution is -0.117. The van der Waals surface area contributed by atoms with E-state index in [0.29, 0.717) is 30.6 Å².